The first-order chi connectivity index (χ1) is 11.5. The van der Waals surface area contributed by atoms with Crippen molar-refractivity contribution in [2.75, 3.05) is 11.9 Å². The summed E-state index contributed by atoms with van der Waals surface area (Å²) in [5.74, 6) is -1.74. The van der Waals surface area contributed by atoms with Gasteiger partial charge in [0.15, 0.2) is 12.7 Å². The summed E-state index contributed by atoms with van der Waals surface area (Å²) >= 11 is 0. The normalized spacial score (nSPS) is 11.4. The molecule has 1 atom stereocenters. The van der Waals surface area contributed by atoms with E-state index in [0.717, 1.165) is 0 Å². The average Bonchev–Trinajstić information content (AvgIpc) is 2.60. The highest BCUT2D eigenvalue weighted by Crippen LogP contribution is 2.23. The van der Waals surface area contributed by atoms with Crippen LogP contribution in [0, 0.1) is 10.1 Å². The van der Waals surface area contributed by atoms with E-state index in [4.69, 9.17) is 4.74 Å². The van der Waals surface area contributed by atoms with Gasteiger partial charge >= 0.3 is 5.97 Å². The number of ether oxygens (including phenoxy) is 1. The second kappa shape index (κ2) is 7.84. The number of amides is 1. The number of carbonyl (C=O) groups excluding carboxylic acids is 2. The third kappa shape index (κ3) is 4.37. The van der Waals surface area contributed by atoms with Crippen LogP contribution in [0.3, 0.4) is 0 Å². The zero-order chi connectivity index (χ0) is 17.5. The monoisotopic (exact) mass is 330 g/mol. The first kappa shape index (κ1) is 17.1. The van der Waals surface area contributed by atoms with Gasteiger partial charge in [-0.1, -0.05) is 42.5 Å². The number of hydrogen-bond acceptors (Lipinski definition) is 6. The van der Waals surface area contributed by atoms with E-state index in [1.807, 2.05) is 0 Å². The smallest absolute Gasteiger partial charge is 0.340 e. The minimum atomic E-state index is -1.51. The third-order valence-corrected chi connectivity index (χ3v) is 3.06. The average molecular weight is 330 g/mol. The molecule has 124 valence electrons. The van der Waals surface area contributed by atoms with Gasteiger partial charge in [-0.25, -0.2) is 4.79 Å². The van der Waals surface area contributed by atoms with Crippen molar-refractivity contribution in [3.05, 3.63) is 70.3 Å². The molecule has 0 heterocycles. The van der Waals surface area contributed by atoms with Crippen LogP contribution in [0.25, 0.3) is 0 Å². The molecule has 8 heteroatoms. The van der Waals surface area contributed by atoms with Crippen molar-refractivity contribution in [1.82, 2.24) is 0 Å². The number of para-hydroxylation sites is 2. The number of esters is 1. The molecule has 0 aliphatic carbocycles. The van der Waals surface area contributed by atoms with Gasteiger partial charge in [0.1, 0.15) is 5.69 Å². The molecule has 0 radical (unpaired) electrons. The number of aliphatic hydroxyl groups excluding tert-OH is 1. The van der Waals surface area contributed by atoms with Crippen molar-refractivity contribution < 1.29 is 24.4 Å². The number of nitro benzene ring substituents is 1. The molecule has 8 nitrogen and oxygen atoms in total. The molecule has 0 aliphatic heterocycles. The summed E-state index contributed by atoms with van der Waals surface area (Å²) in [6.45, 7) is -0.672. The number of carbonyl (C=O) groups is 2. The molecule has 2 aromatic carbocycles. The lowest BCUT2D eigenvalue weighted by atomic mass is 10.1. The van der Waals surface area contributed by atoms with Crippen molar-refractivity contribution >= 4 is 23.3 Å². The van der Waals surface area contributed by atoms with Gasteiger partial charge in [0, 0.05) is 6.07 Å². The van der Waals surface area contributed by atoms with Crippen molar-refractivity contribution in [1.29, 1.82) is 0 Å². The maximum absolute atomic E-state index is 11.8. The molecule has 0 fully saturated rings. The highest BCUT2D eigenvalue weighted by atomic mass is 16.6. The van der Waals surface area contributed by atoms with Gasteiger partial charge in [-0.15, -0.1) is 0 Å². The molecule has 0 aromatic heterocycles. The third-order valence-electron chi connectivity index (χ3n) is 3.06. The maximum atomic E-state index is 11.8. The second-order valence-corrected chi connectivity index (χ2v) is 4.74. The molecule has 0 bridgehead atoms. The number of anilines is 1. The number of aliphatic hydroxyl groups is 1. The zero-order valence-corrected chi connectivity index (χ0v) is 12.4. The Morgan fingerprint density at radius 2 is 1.75 bits per heavy atom. The van der Waals surface area contributed by atoms with Crippen LogP contribution in [0.1, 0.15) is 11.7 Å². The molecule has 2 rings (SSSR count). The van der Waals surface area contributed by atoms with E-state index in [-0.39, 0.29) is 11.4 Å². The number of nitrogens with zero attached hydrogens (tertiary/aromatic N) is 1. The first-order valence-corrected chi connectivity index (χ1v) is 6.92. The van der Waals surface area contributed by atoms with Crippen LogP contribution in [-0.4, -0.2) is 28.5 Å². The van der Waals surface area contributed by atoms with E-state index in [1.165, 1.54) is 24.3 Å². The summed E-state index contributed by atoms with van der Waals surface area (Å²) in [7, 11) is 0. The van der Waals surface area contributed by atoms with Crippen LogP contribution in [-0.2, 0) is 14.3 Å². The molecular weight excluding hydrogens is 316 g/mol. The molecule has 0 aliphatic rings. The molecular formula is C16H14N2O6. The highest BCUT2D eigenvalue weighted by molar-refractivity contribution is 5.95. The number of benzene rings is 2. The minimum absolute atomic E-state index is 0.00726. The Kier molecular flexibility index (Phi) is 5.58. The van der Waals surface area contributed by atoms with Crippen LogP contribution in [0.2, 0.25) is 0 Å². The summed E-state index contributed by atoms with van der Waals surface area (Å²) in [5, 5.41) is 23.0. The SMILES string of the molecule is O=C(COC(=O)[C@@H](O)c1ccccc1)Nc1ccccc1[N+](=O)[O-]. The topological polar surface area (TPSA) is 119 Å². The van der Waals surface area contributed by atoms with Gasteiger partial charge in [0.05, 0.1) is 4.92 Å². The maximum Gasteiger partial charge on any atom is 0.340 e. The lowest BCUT2D eigenvalue weighted by molar-refractivity contribution is -0.383. The Balaban J connectivity index is 1.92. The van der Waals surface area contributed by atoms with Gasteiger partial charge in [-0.2, -0.15) is 0 Å². The van der Waals surface area contributed by atoms with Crippen molar-refractivity contribution in [3.8, 4) is 0 Å². The molecule has 2 aromatic rings. The Bertz CT molecular complexity index is 747. The fourth-order valence-corrected chi connectivity index (χ4v) is 1.91. The van der Waals surface area contributed by atoms with E-state index in [2.05, 4.69) is 5.32 Å². The largest absolute Gasteiger partial charge is 0.453 e. The fraction of sp³-hybridized carbons (Fsp3) is 0.125. The molecule has 0 unspecified atom stereocenters. The van der Waals surface area contributed by atoms with E-state index in [9.17, 15) is 24.8 Å². The number of nitrogens with one attached hydrogen (secondary N) is 1. The lowest BCUT2D eigenvalue weighted by Gasteiger charge is -2.11. The zero-order valence-electron chi connectivity index (χ0n) is 12.4. The van der Waals surface area contributed by atoms with Crippen molar-refractivity contribution in [2.45, 2.75) is 6.10 Å². The van der Waals surface area contributed by atoms with Crippen LogP contribution >= 0.6 is 0 Å². The predicted octanol–water partition coefficient (Wildman–Crippen LogP) is 1.81. The van der Waals surface area contributed by atoms with Gasteiger partial charge in [0.25, 0.3) is 11.6 Å². The van der Waals surface area contributed by atoms with Crippen molar-refractivity contribution in [2.24, 2.45) is 0 Å². The Hall–Kier alpha value is -3.26. The van der Waals surface area contributed by atoms with E-state index in [0.29, 0.717) is 5.56 Å². The van der Waals surface area contributed by atoms with E-state index < -0.39 is 29.5 Å². The Morgan fingerprint density at radius 3 is 2.42 bits per heavy atom. The Labute approximate surface area is 136 Å². The van der Waals surface area contributed by atoms with Crippen LogP contribution in [0.4, 0.5) is 11.4 Å². The van der Waals surface area contributed by atoms with Gasteiger partial charge in [-0.05, 0) is 11.6 Å². The van der Waals surface area contributed by atoms with Gasteiger partial charge in [-0.3, -0.25) is 14.9 Å². The van der Waals surface area contributed by atoms with Crippen LogP contribution in [0.5, 0.6) is 0 Å². The number of rotatable bonds is 6. The fourth-order valence-electron chi connectivity index (χ4n) is 1.91. The summed E-state index contributed by atoms with van der Waals surface area (Å²) in [4.78, 5) is 33.7. The van der Waals surface area contributed by atoms with Gasteiger partial charge in [0.2, 0.25) is 0 Å². The quantitative estimate of drug-likeness (QED) is 0.473. The summed E-state index contributed by atoms with van der Waals surface area (Å²) < 4.78 is 4.72. The predicted molar refractivity (Wildman–Crippen MR) is 84.1 cm³/mol. The van der Waals surface area contributed by atoms with Crippen LogP contribution in [0.15, 0.2) is 54.6 Å². The summed E-state index contributed by atoms with van der Waals surface area (Å²) in [6, 6.07) is 13.7. The molecule has 1 amide bonds. The minimum Gasteiger partial charge on any atom is -0.453 e. The standard InChI is InChI=1S/C16H14N2O6/c19-14(17-12-8-4-5-9-13(12)18(22)23)10-24-16(21)15(20)11-6-2-1-3-7-11/h1-9,15,20H,10H2,(H,17,19)/t15-/m0/s1. The molecule has 2 N–H and O–H groups in total. The number of nitro groups is 1. The lowest BCUT2D eigenvalue weighted by Crippen LogP contribution is -2.24. The Morgan fingerprint density at radius 1 is 1.12 bits per heavy atom. The molecule has 0 spiro atoms. The summed E-state index contributed by atoms with van der Waals surface area (Å²) in [6.07, 6.45) is -1.51. The number of hydrogen-bond donors (Lipinski definition) is 2. The first-order valence-electron chi connectivity index (χ1n) is 6.92. The molecule has 0 saturated heterocycles. The van der Waals surface area contributed by atoms with Gasteiger partial charge < -0.3 is 15.2 Å². The van der Waals surface area contributed by atoms with Crippen molar-refractivity contribution in [3.63, 3.8) is 0 Å². The van der Waals surface area contributed by atoms with E-state index in [1.54, 1.807) is 30.3 Å². The van der Waals surface area contributed by atoms with Crippen LogP contribution < -0.4 is 5.32 Å². The highest BCUT2D eigenvalue weighted by Gasteiger charge is 2.20. The van der Waals surface area contributed by atoms with E-state index >= 15 is 0 Å². The summed E-state index contributed by atoms with van der Waals surface area (Å²) in [5.41, 5.74) is 0.0512. The second-order valence-electron chi connectivity index (χ2n) is 4.74. The molecule has 0 saturated carbocycles. The molecule has 24 heavy (non-hydrogen) atoms.